The van der Waals surface area contributed by atoms with E-state index in [1.165, 1.54) is 0 Å². The molecule has 0 N–H and O–H groups in total. The van der Waals surface area contributed by atoms with Gasteiger partial charge >= 0.3 is 0 Å². The van der Waals surface area contributed by atoms with Gasteiger partial charge in [0.05, 0.1) is 6.20 Å². The van der Waals surface area contributed by atoms with E-state index in [9.17, 15) is 0 Å². The number of rotatable bonds is 1. The Morgan fingerprint density at radius 3 is 2.83 bits per heavy atom. The monoisotopic (exact) mass is 158 g/mol. The van der Waals surface area contributed by atoms with Gasteiger partial charge in [-0.3, -0.25) is 4.98 Å². The Bertz CT molecular complexity index is 372. The highest BCUT2D eigenvalue weighted by Crippen LogP contribution is 2.12. The fraction of sp³-hybridized carbons (Fsp3) is 0. The Kier molecular flexibility index (Phi) is 1.66. The maximum atomic E-state index is 4.96. The quantitative estimate of drug-likeness (QED) is 0.548. The van der Waals surface area contributed by atoms with E-state index in [0.29, 0.717) is 5.76 Å². The van der Waals surface area contributed by atoms with E-state index >= 15 is 0 Å². The number of pyridine rings is 1. The minimum atomic E-state index is 0.707. The van der Waals surface area contributed by atoms with Crippen molar-refractivity contribution in [2.75, 3.05) is 0 Å². The van der Waals surface area contributed by atoms with Gasteiger partial charge in [0.1, 0.15) is 5.69 Å². The lowest BCUT2D eigenvalue weighted by Crippen LogP contribution is -2.07. The molecule has 2 rings (SSSR count). The third kappa shape index (κ3) is 1.23. The summed E-state index contributed by atoms with van der Waals surface area (Å²) in [7, 11) is 1.94. The van der Waals surface area contributed by atoms with Crippen LogP contribution in [0.15, 0.2) is 35.0 Å². The van der Waals surface area contributed by atoms with Crippen molar-refractivity contribution in [3.63, 3.8) is 0 Å². The molecule has 2 heterocycles. The number of aromatic nitrogens is 2. The number of hydrogen-bond donors (Lipinski definition) is 0. The molecule has 2 aromatic rings. The molecule has 0 radical (unpaired) electrons. The van der Waals surface area contributed by atoms with Crippen LogP contribution in [0.3, 0.4) is 0 Å². The summed E-state index contributed by atoms with van der Waals surface area (Å²) < 4.78 is 4.96. The number of nitrogens with zero attached hydrogens (tertiary/aromatic N) is 2. The summed E-state index contributed by atoms with van der Waals surface area (Å²) in [6.45, 7) is 0. The summed E-state index contributed by atoms with van der Waals surface area (Å²) >= 11 is 0. The Balaban J connectivity index is 2.48. The fourth-order valence-corrected chi connectivity index (χ4v) is 1.03. The van der Waals surface area contributed by atoms with Crippen molar-refractivity contribution >= 4 is 13.4 Å². The Hall–Kier alpha value is -1.58. The average molecular weight is 158 g/mol. The van der Waals surface area contributed by atoms with E-state index in [1.807, 2.05) is 26.0 Å². The summed E-state index contributed by atoms with van der Waals surface area (Å²) in [6, 6.07) is 7.58. The Labute approximate surface area is 70.8 Å². The summed E-state index contributed by atoms with van der Waals surface area (Å²) in [5.41, 5.74) is 1.80. The molecule has 4 heteroatoms. The molecule has 0 saturated carbocycles. The fourth-order valence-electron chi connectivity index (χ4n) is 1.03. The SMILES string of the molecule is Bc1cccc(-c2ccno2)n1. The molecule has 0 spiro atoms. The zero-order valence-corrected chi connectivity index (χ0v) is 6.69. The molecule has 12 heavy (non-hydrogen) atoms. The van der Waals surface area contributed by atoms with Crippen LogP contribution >= 0.6 is 0 Å². The minimum Gasteiger partial charge on any atom is -0.355 e. The van der Waals surface area contributed by atoms with Gasteiger partial charge in [-0.15, -0.1) is 0 Å². The van der Waals surface area contributed by atoms with E-state index in [-0.39, 0.29) is 0 Å². The second-order valence-corrected chi connectivity index (χ2v) is 2.54. The Morgan fingerprint density at radius 2 is 2.17 bits per heavy atom. The van der Waals surface area contributed by atoms with Crippen LogP contribution in [0, 0.1) is 0 Å². The van der Waals surface area contributed by atoms with Crippen LogP contribution in [-0.2, 0) is 0 Å². The minimum absolute atomic E-state index is 0.707. The Morgan fingerprint density at radius 1 is 1.25 bits per heavy atom. The molecule has 0 aromatic carbocycles. The first-order valence-electron chi connectivity index (χ1n) is 3.71. The second kappa shape index (κ2) is 2.81. The largest absolute Gasteiger partial charge is 0.355 e. The van der Waals surface area contributed by atoms with Gasteiger partial charge in [0.15, 0.2) is 13.6 Å². The first-order valence-corrected chi connectivity index (χ1v) is 3.71. The lowest BCUT2D eigenvalue weighted by molar-refractivity contribution is 0.431. The predicted molar refractivity (Wildman–Crippen MR) is 47.9 cm³/mol. The van der Waals surface area contributed by atoms with Gasteiger partial charge in [0, 0.05) is 6.07 Å². The van der Waals surface area contributed by atoms with Crippen LogP contribution in [0.2, 0.25) is 0 Å². The van der Waals surface area contributed by atoms with E-state index in [4.69, 9.17) is 4.52 Å². The van der Waals surface area contributed by atoms with Gasteiger partial charge in [-0.05, 0) is 11.7 Å². The van der Waals surface area contributed by atoms with Crippen LogP contribution in [0.25, 0.3) is 11.5 Å². The normalized spacial score (nSPS) is 10.0. The molecule has 0 fully saturated rings. The summed E-state index contributed by atoms with van der Waals surface area (Å²) in [6.07, 6.45) is 1.61. The van der Waals surface area contributed by atoms with Gasteiger partial charge in [0.2, 0.25) is 0 Å². The molecule has 0 aliphatic rings. The molecule has 3 nitrogen and oxygen atoms in total. The first-order chi connectivity index (χ1) is 5.86. The van der Waals surface area contributed by atoms with E-state index in [2.05, 4.69) is 10.1 Å². The van der Waals surface area contributed by atoms with Crippen molar-refractivity contribution in [1.82, 2.24) is 10.1 Å². The predicted octanol–water partition coefficient (Wildman–Crippen LogP) is -0.00500. The highest BCUT2D eigenvalue weighted by atomic mass is 16.5. The summed E-state index contributed by atoms with van der Waals surface area (Å²) in [5.74, 6) is 0.707. The molecule has 0 aliphatic carbocycles. The van der Waals surface area contributed by atoms with Crippen molar-refractivity contribution in [3.8, 4) is 11.5 Å². The third-order valence-electron chi connectivity index (χ3n) is 1.58. The average Bonchev–Trinajstić information content (AvgIpc) is 2.56. The molecule has 0 atom stereocenters. The third-order valence-corrected chi connectivity index (χ3v) is 1.58. The highest BCUT2D eigenvalue weighted by molar-refractivity contribution is 6.30. The smallest absolute Gasteiger partial charge is 0.185 e. The maximum absolute atomic E-state index is 4.96. The maximum Gasteiger partial charge on any atom is 0.185 e. The van der Waals surface area contributed by atoms with Gasteiger partial charge in [0.25, 0.3) is 0 Å². The second-order valence-electron chi connectivity index (χ2n) is 2.54. The molecule has 0 bridgehead atoms. The van der Waals surface area contributed by atoms with Crippen molar-refractivity contribution in [2.45, 2.75) is 0 Å². The van der Waals surface area contributed by atoms with Gasteiger partial charge in [-0.2, -0.15) is 0 Å². The van der Waals surface area contributed by atoms with Gasteiger partial charge < -0.3 is 4.52 Å². The van der Waals surface area contributed by atoms with Crippen LogP contribution in [0.4, 0.5) is 0 Å². The summed E-state index contributed by atoms with van der Waals surface area (Å²) in [4.78, 5) is 4.28. The van der Waals surface area contributed by atoms with Crippen LogP contribution in [0.1, 0.15) is 0 Å². The standard InChI is InChI=1S/C8H7BN2O/c9-8-3-1-2-6(11-8)7-4-5-10-12-7/h1-5H,9H2. The van der Waals surface area contributed by atoms with Gasteiger partial charge in [-0.25, -0.2) is 0 Å². The molecule has 0 unspecified atom stereocenters. The summed E-state index contributed by atoms with van der Waals surface area (Å²) in [5, 5.41) is 3.61. The molecule has 0 saturated heterocycles. The van der Waals surface area contributed by atoms with Crippen molar-refractivity contribution < 1.29 is 4.52 Å². The topological polar surface area (TPSA) is 38.9 Å². The van der Waals surface area contributed by atoms with Crippen LogP contribution in [-0.4, -0.2) is 18.0 Å². The zero-order chi connectivity index (χ0) is 8.39. The number of hydrogen-bond acceptors (Lipinski definition) is 3. The van der Waals surface area contributed by atoms with E-state index < -0.39 is 0 Å². The highest BCUT2D eigenvalue weighted by Gasteiger charge is 2.01. The van der Waals surface area contributed by atoms with E-state index in [1.54, 1.807) is 12.3 Å². The zero-order valence-electron chi connectivity index (χ0n) is 6.69. The van der Waals surface area contributed by atoms with Crippen LogP contribution < -0.4 is 5.59 Å². The molecule has 2 aromatic heterocycles. The van der Waals surface area contributed by atoms with Crippen molar-refractivity contribution in [1.29, 1.82) is 0 Å². The molecular weight excluding hydrogens is 151 g/mol. The van der Waals surface area contributed by atoms with E-state index in [0.717, 1.165) is 11.3 Å². The van der Waals surface area contributed by atoms with Gasteiger partial charge in [-0.1, -0.05) is 17.3 Å². The van der Waals surface area contributed by atoms with Crippen molar-refractivity contribution in [3.05, 3.63) is 30.5 Å². The molecule has 0 aliphatic heterocycles. The van der Waals surface area contributed by atoms with Crippen LogP contribution in [0.5, 0.6) is 0 Å². The molecule has 0 amide bonds. The van der Waals surface area contributed by atoms with Crippen molar-refractivity contribution in [2.24, 2.45) is 0 Å². The molecule has 58 valence electrons. The lowest BCUT2D eigenvalue weighted by atomic mass is 10.0. The molecular formula is C8H7BN2O. The first kappa shape index (κ1) is 7.09. The lowest BCUT2D eigenvalue weighted by Gasteiger charge is -1.95.